The molecule has 0 atom stereocenters. The van der Waals surface area contributed by atoms with Gasteiger partial charge in [-0.05, 0) is 36.8 Å². The van der Waals surface area contributed by atoms with Crippen LogP contribution in [0, 0.1) is 0 Å². The summed E-state index contributed by atoms with van der Waals surface area (Å²) in [7, 11) is 0. The Morgan fingerprint density at radius 3 is 2.68 bits per heavy atom. The molecule has 0 aromatic carbocycles. The van der Waals surface area contributed by atoms with Crippen LogP contribution in [0.1, 0.15) is 44.6 Å². The van der Waals surface area contributed by atoms with Crippen molar-refractivity contribution in [2.24, 2.45) is 0 Å². The van der Waals surface area contributed by atoms with Crippen LogP contribution in [-0.2, 0) is 11.2 Å². The van der Waals surface area contributed by atoms with E-state index >= 15 is 0 Å². The summed E-state index contributed by atoms with van der Waals surface area (Å²) < 4.78 is 11.0. The molecule has 0 saturated carbocycles. The molecule has 1 heterocycles. The molecule has 1 aliphatic heterocycles. The molecule has 0 radical (unpaired) electrons. The minimum Gasteiger partial charge on any atom is -0.472 e. The molecule has 0 N–H and O–H groups in total. The lowest BCUT2D eigenvalue weighted by molar-refractivity contribution is 0.126. The maximum atomic E-state index is 5.62. The summed E-state index contributed by atoms with van der Waals surface area (Å²) in [6, 6.07) is 6.35. The van der Waals surface area contributed by atoms with Crippen molar-refractivity contribution in [3.05, 3.63) is 36.3 Å². The topological polar surface area (TPSA) is 22.4 Å². The highest BCUT2D eigenvalue weighted by Gasteiger charge is 2.08. The number of fused-ring (bicyclic) bond motifs is 1. The van der Waals surface area contributed by atoms with Crippen molar-refractivity contribution < 1.29 is 9.15 Å². The molecule has 104 valence electrons. The lowest BCUT2D eigenvalue weighted by Gasteiger charge is -2.07. The molecule has 0 bridgehead atoms. The fourth-order valence-corrected chi connectivity index (χ4v) is 2.35. The second-order valence-corrected chi connectivity index (χ2v) is 5.07. The first-order chi connectivity index (χ1) is 9.42. The molecule has 0 unspecified atom stereocenters. The maximum Gasteiger partial charge on any atom is 0.0980 e. The van der Waals surface area contributed by atoms with E-state index in [0.717, 1.165) is 32.5 Å². The molecule has 1 aliphatic carbocycles. The van der Waals surface area contributed by atoms with Gasteiger partial charge in [-0.1, -0.05) is 38.0 Å². The second-order valence-electron chi connectivity index (χ2n) is 5.07. The number of hydrogen-bond acceptors (Lipinski definition) is 2. The first-order valence-electron chi connectivity index (χ1n) is 7.43. The molecule has 0 fully saturated rings. The summed E-state index contributed by atoms with van der Waals surface area (Å²) in [5.74, 6) is 0. The van der Waals surface area contributed by atoms with E-state index in [1.807, 2.05) is 12.5 Å². The van der Waals surface area contributed by atoms with E-state index in [2.05, 4.69) is 25.1 Å². The van der Waals surface area contributed by atoms with Crippen LogP contribution in [0.3, 0.4) is 0 Å². The highest BCUT2D eigenvalue weighted by atomic mass is 16.5. The SMILES string of the molecule is CCCCCOCCCCc1cocc2cccc1-2. The molecular formula is C17H24O2. The summed E-state index contributed by atoms with van der Waals surface area (Å²) in [5, 5.41) is 0. The predicted octanol–water partition coefficient (Wildman–Crippen LogP) is 4.91. The summed E-state index contributed by atoms with van der Waals surface area (Å²) in [5.41, 5.74) is 3.84. The monoisotopic (exact) mass is 260 g/mol. The van der Waals surface area contributed by atoms with Gasteiger partial charge in [0.15, 0.2) is 0 Å². The van der Waals surface area contributed by atoms with Crippen LogP contribution in [0.2, 0.25) is 0 Å². The van der Waals surface area contributed by atoms with Crippen molar-refractivity contribution in [1.29, 1.82) is 0 Å². The Morgan fingerprint density at radius 2 is 1.84 bits per heavy atom. The summed E-state index contributed by atoms with van der Waals surface area (Å²) in [6.45, 7) is 4.02. The summed E-state index contributed by atoms with van der Waals surface area (Å²) >= 11 is 0. The van der Waals surface area contributed by atoms with Gasteiger partial charge in [-0.2, -0.15) is 0 Å². The number of ether oxygens (including phenoxy) is 1. The van der Waals surface area contributed by atoms with Gasteiger partial charge in [0.05, 0.1) is 12.5 Å². The van der Waals surface area contributed by atoms with Gasteiger partial charge in [-0.3, -0.25) is 0 Å². The number of unbranched alkanes of at least 4 members (excludes halogenated alkanes) is 3. The molecule has 0 amide bonds. The Hall–Kier alpha value is -1.28. The van der Waals surface area contributed by atoms with Crippen molar-refractivity contribution in [2.45, 2.75) is 45.4 Å². The standard InChI is InChI=1S/C17H24O2/c1-2-3-5-11-18-12-6-4-8-15-13-19-14-16-9-7-10-17(15)16/h7,9-10,13-14H,2-6,8,11-12H2,1H3. The highest BCUT2D eigenvalue weighted by Crippen LogP contribution is 2.27. The average molecular weight is 260 g/mol. The van der Waals surface area contributed by atoms with E-state index in [1.165, 1.54) is 36.0 Å². The van der Waals surface area contributed by atoms with Gasteiger partial charge in [-0.15, -0.1) is 0 Å². The molecule has 0 aromatic rings. The average Bonchev–Trinajstić information content (AvgIpc) is 2.91. The smallest absolute Gasteiger partial charge is 0.0980 e. The maximum absolute atomic E-state index is 5.62. The van der Waals surface area contributed by atoms with Crippen molar-refractivity contribution in [1.82, 2.24) is 0 Å². The Morgan fingerprint density at radius 1 is 1.00 bits per heavy atom. The van der Waals surface area contributed by atoms with Gasteiger partial charge in [0.25, 0.3) is 0 Å². The lowest BCUT2D eigenvalue weighted by Crippen LogP contribution is -1.98. The molecule has 0 spiro atoms. The fraction of sp³-hybridized carbons (Fsp3) is 0.529. The molecule has 2 nitrogen and oxygen atoms in total. The normalized spacial score (nSPS) is 11.2. The molecule has 19 heavy (non-hydrogen) atoms. The Labute approximate surface area is 116 Å². The van der Waals surface area contributed by atoms with Crippen LogP contribution >= 0.6 is 0 Å². The van der Waals surface area contributed by atoms with Crippen LogP contribution in [0.15, 0.2) is 35.1 Å². The third-order valence-electron chi connectivity index (χ3n) is 3.48. The van der Waals surface area contributed by atoms with E-state index < -0.39 is 0 Å². The molecule has 0 saturated heterocycles. The largest absolute Gasteiger partial charge is 0.472 e. The number of aryl methyl sites for hydroxylation is 1. The molecular weight excluding hydrogens is 236 g/mol. The van der Waals surface area contributed by atoms with Crippen molar-refractivity contribution in [2.75, 3.05) is 13.2 Å². The minimum absolute atomic E-state index is 0.887. The quantitative estimate of drug-likeness (QED) is 0.597. The zero-order chi connectivity index (χ0) is 13.3. The Balaban J connectivity index is 1.62. The first-order valence-corrected chi connectivity index (χ1v) is 7.43. The van der Waals surface area contributed by atoms with Crippen LogP contribution < -0.4 is 0 Å². The molecule has 0 aromatic heterocycles. The van der Waals surface area contributed by atoms with Crippen LogP contribution in [0.4, 0.5) is 0 Å². The Kier molecular flexibility index (Phi) is 5.96. The van der Waals surface area contributed by atoms with Gasteiger partial charge in [0.2, 0.25) is 0 Å². The predicted molar refractivity (Wildman–Crippen MR) is 78.6 cm³/mol. The summed E-state index contributed by atoms with van der Waals surface area (Å²) in [6.07, 6.45) is 10.8. The van der Waals surface area contributed by atoms with Crippen LogP contribution in [-0.4, -0.2) is 13.2 Å². The van der Waals surface area contributed by atoms with Gasteiger partial charge in [-0.25, -0.2) is 0 Å². The fourth-order valence-electron chi connectivity index (χ4n) is 2.35. The van der Waals surface area contributed by atoms with E-state index in [0.29, 0.717) is 0 Å². The van der Waals surface area contributed by atoms with Crippen molar-refractivity contribution in [3.63, 3.8) is 0 Å². The van der Waals surface area contributed by atoms with Crippen LogP contribution in [0.25, 0.3) is 11.1 Å². The zero-order valence-corrected chi connectivity index (χ0v) is 11.9. The minimum atomic E-state index is 0.887. The Bertz CT molecular complexity index is 433. The highest BCUT2D eigenvalue weighted by molar-refractivity contribution is 5.68. The van der Waals surface area contributed by atoms with Crippen molar-refractivity contribution in [3.8, 4) is 11.1 Å². The van der Waals surface area contributed by atoms with E-state index in [1.54, 1.807) is 0 Å². The van der Waals surface area contributed by atoms with Gasteiger partial charge in [0, 0.05) is 18.8 Å². The van der Waals surface area contributed by atoms with Gasteiger partial charge in [0.1, 0.15) is 0 Å². The van der Waals surface area contributed by atoms with E-state index in [-0.39, 0.29) is 0 Å². The number of hydrogen-bond donors (Lipinski definition) is 0. The van der Waals surface area contributed by atoms with E-state index in [9.17, 15) is 0 Å². The van der Waals surface area contributed by atoms with Crippen LogP contribution in [0.5, 0.6) is 0 Å². The van der Waals surface area contributed by atoms with Gasteiger partial charge >= 0.3 is 0 Å². The molecule has 2 aliphatic rings. The molecule has 2 heteroatoms. The molecule has 2 rings (SSSR count). The first kappa shape index (κ1) is 14.1. The van der Waals surface area contributed by atoms with Crippen molar-refractivity contribution >= 4 is 0 Å². The summed E-state index contributed by atoms with van der Waals surface area (Å²) in [4.78, 5) is 0. The lowest BCUT2D eigenvalue weighted by atomic mass is 10.0. The second kappa shape index (κ2) is 8.00. The van der Waals surface area contributed by atoms with Gasteiger partial charge < -0.3 is 9.15 Å². The number of rotatable bonds is 9. The van der Waals surface area contributed by atoms with E-state index in [4.69, 9.17) is 9.15 Å². The third-order valence-corrected chi connectivity index (χ3v) is 3.48. The third kappa shape index (κ3) is 4.39. The zero-order valence-electron chi connectivity index (χ0n) is 11.9.